The van der Waals surface area contributed by atoms with Crippen LogP contribution in [0.2, 0.25) is 0 Å². The van der Waals surface area contributed by atoms with Gasteiger partial charge in [0.05, 0.1) is 5.76 Å². The largest absolute Gasteiger partial charge is 0.512 e. The van der Waals surface area contributed by atoms with E-state index in [2.05, 4.69) is 0 Å². The smallest absolute Gasteiger partial charge is 0.163 e. The molecule has 4 rings (SSSR count). The fourth-order valence-electron chi connectivity index (χ4n) is 3.42. The molecule has 1 heterocycles. The third kappa shape index (κ3) is 2.22. The molecule has 0 amide bonds. The van der Waals surface area contributed by atoms with Crippen molar-refractivity contribution in [1.29, 1.82) is 0 Å². The maximum Gasteiger partial charge on any atom is 0.163 e. The van der Waals surface area contributed by atoms with Gasteiger partial charge >= 0.3 is 0 Å². The van der Waals surface area contributed by atoms with Gasteiger partial charge in [-0.2, -0.15) is 0 Å². The van der Waals surface area contributed by atoms with Gasteiger partial charge in [-0.05, 0) is 30.7 Å². The minimum atomic E-state index is -0.488. The number of hydrogen-bond donors (Lipinski definition) is 1. The summed E-state index contributed by atoms with van der Waals surface area (Å²) in [5.74, 6) is 0.311. The van der Waals surface area contributed by atoms with E-state index in [1.54, 1.807) is 6.07 Å². The van der Waals surface area contributed by atoms with Crippen molar-refractivity contribution in [1.82, 2.24) is 0 Å². The molecule has 1 aliphatic carbocycles. The van der Waals surface area contributed by atoms with Crippen LogP contribution in [-0.2, 0) is 4.79 Å². The number of hydrogen-bond acceptors (Lipinski definition) is 3. The number of fused-ring (bicyclic) bond motifs is 2. The second-order valence-corrected chi connectivity index (χ2v) is 5.89. The van der Waals surface area contributed by atoms with Crippen LogP contribution in [0.5, 0.6) is 11.5 Å². The first-order valence-electron chi connectivity index (χ1n) is 7.66. The normalized spacial score (nSPS) is 19.9. The minimum absolute atomic E-state index is 0.0781. The van der Waals surface area contributed by atoms with Crippen molar-refractivity contribution < 1.29 is 19.0 Å². The highest BCUT2D eigenvalue weighted by Gasteiger charge is 2.36. The molecular weight excluding hydrogens is 295 g/mol. The third-order valence-electron chi connectivity index (χ3n) is 4.45. The van der Waals surface area contributed by atoms with E-state index in [-0.39, 0.29) is 17.4 Å². The van der Waals surface area contributed by atoms with Crippen molar-refractivity contribution in [2.24, 2.45) is 0 Å². The highest BCUT2D eigenvalue weighted by molar-refractivity contribution is 5.99. The Labute approximate surface area is 133 Å². The molecule has 1 aliphatic heterocycles. The molecule has 23 heavy (non-hydrogen) atoms. The van der Waals surface area contributed by atoms with E-state index in [0.29, 0.717) is 41.9 Å². The molecule has 0 saturated carbocycles. The van der Waals surface area contributed by atoms with E-state index in [1.807, 2.05) is 24.3 Å². The van der Waals surface area contributed by atoms with Crippen LogP contribution in [0, 0.1) is 5.82 Å². The zero-order valence-corrected chi connectivity index (χ0v) is 12.4. The molecule has 0 radical (unpaired) electrons. The molecule has 1 atom stereocenters. The number of benzene rings is 2. The molecule has 0 bridgehead atoms. The van der Waals surface area contributed by atoms with E-state index < -0.39 is 5.92 Å². The van der Waals surface area contributed by atoms with Crippen LogP contribution in [0.3, 0.4) is 0 Å². The highest BCUT2D eigenvalue weighted by Crippen LogP contribution is 2.49. The average molecular weight is 310 g/mol. The predicted molar refractivity (Wildman–Crippen MR) is 83.3 cm³/mol. The van der Waals surface area contributed by atoms with Crippen molar-refractivity contribution in [3.8, 4) is 11.5 Å². The first-order valence-corrected chi connectivity index (χ1v) is 7.66. The van der Waals surface area contributed by atoms with Gasteiger partial charge in [-0.3, -0.25) is 4.79 Å². The molecule has 2 aliphatic rings. The van der Waals surface area contributed by atoms with Gasteiger partial charge in [0.25, 0.3) is 0 Å². The van der Waals surface area contributed by atoms with Crippen molar-refractivity contribution >= 4 is 5.78 Å². The Morgan fingerprint density at radius 1 is 1.04 bits per heavy atom. The summed E-state index contributed by atoms with van der Waals surface area (Å²) in [6.45, 7) is 0. The summed E-state index contributed by atoms with van der Waals surface area (Å²) >= 11 is 0. The molecule has 0 saturated heterocycles. The minimum Gasteiger partial charge on any atom is -0.512 e. The van der Waals surface area contributed by atoms with Gasteiger partial charge in [-0.25, -0.2) is 4.39 Å². The van der Waals surface area contributed by atoms with Gasteiger partial charge < -0.3 is 9.84 Å². The van der Waals surface area contributed by atoms with Crippen LogP contribution in [0.4, 0.5) is 4.39 Å². The van der Waals surface area contributed by atoms with Gasteiger partial charge in [-0.1, -0.05) is 18.2 Å². The molecule has 1 N–H and O–H groups in total. The second kappa shape index (κ2) is 5.23. The molecule has 3 nitrogen and oxygen atoms in total. The van der Waals surface area contributed by atoms with Crippen molar-refractivity contribution in [2.45, 2.75) is 25.2 Å². The number of aliphatic hydroxyl groups excluding tert-OH is 1. The van der Waals surface area contributed by atoms with Crippen LogP contribution in [0.25, 0.3) is 0 Å². The van der Waals surface area contributed by atoms with E-state index in [1.165, 1.54) is 12.1 Å². The lowest BCUT2D eigenvalue weighted by Gasteiger charge is -2.31. The number of carbonyl (C=O) groups excluding carboxylic acids is 1. The topological polar surface area (TPSA) is 46.5 Å². The summed E-state index contributed by atoms with van der Waals surface area (Å²) in [6.07, 6.45) is 1.53. The Morgan fingerprint density at radius 3 is 2.65 bits per heavy atom. The van der Waals surface area contributed by atoms with Gasteiger partial charge in [-0.15, -0.1) is 0 Å². The first-order chi connectivity index (χ1) is 11.1. The summed E-state index contributed by atoms with van der Waals surface area (Å²) in [5.41, 5.74) is 1.74. The Bertz CT molecular complexity index is 838. The van der Waals surface area contributed by atoms with Crippen LogP contribution >= 0.6 is 0 Å². The van der Waals surface area contributed by atoms with E-state index in [9.17, 15) is 14.3 Å². The zero-order valence-electron chi connectivity index (χ0n) is 12.4. The Balaban J connectivity index is 1.98. The Kier molecular flexibility index (Phi) is 3.18. The quantitative estimate of drug-likeness (QED) is 0.835. The van der Waals surface area contributed by atoms with Gasteiger partial charge in [0.2, 0.25) is 0 Å². The molecule has 2 aromatic rings. The monoisotopic (exact) mass is 310 g/mol. The summed E-state index contributed by atoms with van der Waals surface area (Å²) < 4.78 is 19.6. The number of allylic oxidation sites excluding steroid dienone is 2. The van der Waals surface area contributed by atoms with E-state index in [0.717, 1.165) is 5.56 Å². The maximum atomic E-state index is 13.8. The maximum absolute atomic E-state index is 13.8. The van der Waals surface area contributed by atoms with Crippen LogP contribution < -0.4 is 4.74 Å². The second-order valence-electron chi connectivity index (χ2n) is 5.89. The fourth-order valence-corrected chi connectivity index (χ4v) is 3.42. The standard InChI is InChI=1S/C19H15FO3/c20-11-8-9-17-13(10-11)18(12-4-1-2-7-16(12)23-17)19-14(21)5-3-6-15(19)22/h1-2,4,7-10,18,21H,3,5-6H2/t18-/m0/s1. The van der Waals surface area contributed by atoms with Crippen molar-refractivity contribution in [3.63, 3.8) is 0 Å². The molecule has 0 aromatic heterocycles. The SMILES string of the molecule is O=C1CCCC(O)=C1[C@H]1c2ccccc2Oc2ccc(F)cc21. The first kappa shape index (κ1) is 14.0. The van der Waals surface area contributed by atoms with Crippen LogP contribution in [-0.4, -0.2) is 10.9 Å². The third-order valence-corrected chi connectivity index (χ3v) is 4.45. The van der Waals surface area contributed by atoms with Gasteiger partial charge in [0.1, 0.15) is 17.3 Å². The fraction of sp³-hybridized carbons (Fsp3) is 0.211. The van der Waals surface area contributed by atoms with Crippen LogP contribution in [0.15, 0.2) is 53.8 Å². The summed E-state index contributed by atoms with van der Waals surface area (Å²) in [5, 5.41) is 10.3. The van der Waals surface area contributed by atoms with E-state index >= 15 is 0 Å². The van der Waals surface area contributed by atoms with Crippen LogP contribution in [0.1, 0.15) is 36.3 Å². The highest BCUT2D eigenvalue weighted by atomic mass is 19.1. The lowest BCUT2D eigenvalue weighted by atomic mass is 9.77. The van der Waals surface area contributed by atoms with Crippen molar-refractivity contribution in [2.75, 3.05) is 0 Å². The molecule has 2 aromatic carbocycles. The lowest BCUT2D eigenvalue weighted by Crippen LogP contribution is -2.22. The predicted octanol–water partition coefficient (Wildman–Crippen LogP) is 4.63. The van der Waals surface area contributed by atoms with Crippen molar-refractivity contribution in [3.05, 3.63) is 70.7 Å². The average Bonchev–Trinajstić information content (AvgIpc) is 2.54. The number of carbonyl (C=O) groups is 1. The number of Topliss-reactive ketones (excluding diaryl/α,β-unsaturated/α-hetero) is 1. The molecule has 4 heteroatoms. The summed E-state index contributed by atoms with van der Waals surface area (Å²) in [4.78, 5) is 12.5. The van der Waals surface area contributed by atoms with E-state index in [4.69, 9.17) is 4.74 Å². The summed E-state index contributed by atoms with van der Waals surface area (Å²) in [7, 11) is 0. The molecule has 0 fully saturated rings. The van der Waals surface area contributed by atoms with Gasteiger partial charge in [0.15, 0.2) is 5.78 Å². The number of ketones is 1. The number of halogens is 1. The number of aliphatic hydroxyl groups is 1. The molecular formula is C19H15FO3. The number of rotatable bonds is 1. The van der Waals surface area contributed by atoms with Gasteiger partial charge in [0, 0.05) is 35.5 Å². The lowest BCUT2D eigenvalue weighted by molar-refractivity contribution is -0.116. The number of para-hydroxylation sites is 1. The zero-order chi connectivity index (χ0) is 16.0. The molecule has 116 valence electrons. The Morgan fingerprint density at radius 2 is 1.83 bits per heavy atom. The Hall–Kier alpha value is -2.62. The molecule has 0 spiro atoms. The summed E-state index contributed by atoms with van der Waals surface area (Å²) in [6, 6.07) is 11.7. The number of ether oxygens (including phenoxy) is 1. The molecule has 0 unspecified atom stereocenters.